The second-order valence-corrected chi connectivity index (χ2v) is 8.92. The molecule has 0 saturated heterocycles. The lowest BCUT2D eigenvalue weighted by Gasteiger charge is -2.10. The molecule has 11 heteroatoms. The van der Waals surface area contributed by atoms with Crippen LogP contribution in [0.5, 0.6) is 11.5 Å². The number of aromatic nitrogens is 1. The summed E-state index contributed by atoms with van der Waals surface area (Å²) >= 11 is 2.57. The first-order chi connectivity index (χ1) is 16.9. The van der Waals surface area contributed by atoms with Crippen molar-refractivity contribution in [1.29, 1.82) is 0 Å². The third-order valence-electron chi connectivity index (χ3n) is 4.54. The number of rotatable bonds is 11. The van der Waals surface area contributed by atoms with E-state index in [0.29, 0.717) is 40.2 Å². The van der Waals surface area contributed by atoms with Gasteiger partial charge in [0.05, 0.1) is 38.7 Å². The first kappa shape index (κ1) is 26.0. The molecular weight excluding hydrogens is 490 g/mol. The number of thiazole rings is 1. The van der Waals surface area contributed by atoms with Crippen LogP contribution in [0.15, 0.2) is 52.7 Å². The minimum atomic E-state index is -0.357. The molecule has 9 nitrogen and oxygen atoms in total. The fraction of sp³-hybridized carbons (Fsp3) is 0.250. The lowest BCUT2D eigenvalue weighted by Crippen LogP contribution is -2.14. The Morgan fingerprint density at radius 3 is 2.57 bits per heavy atom. The highest BCUT2D eigenvalue weighted by atomic mass is 32.2. The summed E-state index contributed by atoms with van der Waals surface area (Å²) in [7, 11) is 3.04. The average molecular weight is 516 g/mol. The third kappa shape index (κ3) is 7.72. The van der Waals surface area contributed by atoms with Gasteiger partial charge in [0.15, 0.2) is 16.6 Å². The molecule has 1 aromatic heterocycles. The van der Waals surface area contributed by atoms with Crippen LogP contribution in [0.3, 0.4) is 0 Å². The van der Waals surface area contributed by atoms with Gasteiger partial charge >= 0.3 is 5.97 Å². The van der Waals surface area contributed by atoms with Crippen molar-refractivity contribution in [3.8, 4) is 11.5 Å². The first-order valence-corrected chi connectivity index (χ1v) is 12.4. The maximum absolute atomic E-state index is 12.7. The highest BCUT2D eigenvalue weighted by molar-refractivity contribution is 8.00. The molecule has 1 heterocycles. The van der Waals surface area contributed by atoms with Crippen LogP contribution < -0.4 is 20.1 Å². The topological polar surface area (TPSA) is 116 Å². The number of ether oxygens (including phenoxy) is 3. The van der Waals surface area contributed by atoms with Crippen LogP contribution >= 0.6 is 23.1 Å². The monoisotopic (exact) mass is 515 g/mol. The number of nitrogens with zero attached hydrogens (tertiary/aromatic N) is 1. The second kappa shape index (κ2) is 12.8. The summed E-state index contributed by atoms with van der Waals surface area (Å²) < 4.78 is 15.4. The summed E-state index contributed by atoms with van der Waals surface area (Å²) in [4.78, 5) is 41.6. The van der Waals surface area contributed by atoms with Crippen LogP contribution in [0.25, 0.3) is 0 Å². The summed E-state index contributed by atoms with van der Waals surface area (Å²) in [6.45, 7) is 2.05. The molecule has 3 aromatic rings. The number of esters is 1. The number of carbonyl (C=O) groups excluding carboxylic acids is 3. The molecule has 0 spiro atoms. The Labute approximate surface area is 211 Å². The van der Waals surface area contributed by atoms with Gasteiger partial charge in [0.25, 0.3) is 5.91 Å². The SMILES string of the molecule is CCOC(=O)Cc1csc(NC(=O)CSc2cccc(NC(=O)c3ccc(OC)c(OC)c3)c2)n1. The maximum atomic E-state index is 12.7. The molecule has 0 aliphatic heterocycles. The van der Waals surface area contributed by atoms with Crippen LogP contribution in [0.1, 0.15) is 23.0 Å². The van der Waals surface area contributed by atoms with Crippen LogP contribution in [0.2, 0.25) is 0 Å². The zero-order valence-electron chi connectivity index (χ0n) is 19.5. The van der Waals surface area contributed by atoms with Gasteiger partial charge in [-0.25, -0.2) is 4.98 Å². The largest absolute Gasteiger partial charge is 0.493 e. The van der Waals surface area contributed by atoms with E-state index >= 15 is 0 Å². The molecule has 0 atom stereocenters. The van der Waals surface area contributed by atoms with Gasteiger partial charge in [-0.3, -0.25) is 14.4 Å². The Morgan fingerprint density at radius 1 is 1.03 bits per heavy atom. The predicted octanol–water partition coefficient (Wildman–Crippen LogP) is 4.25. The quantitative estimate of drug-likeness (QED) is 0.288. The lowest BCUT2D eigenvalue weighted by atomic mass is 10.2. The molecule has 0 saturated carbocycles. The Morgan fingerprint density at radius 2 is 1.83 bits per heavy atom. The molecule has 0 radical (unpaired) electrons. The molecule has 0 aliphatic rings. The Bertz CT molecular complexity index is 1200. The molecule has 0 unspecified atom stereocenters. The highest BCUT2D eigenvalue weighted by Crippen LogP contribution is 2.28. The summed E-state index contributed by atoms with van der Waals surface area (Å²) in [5, 5.41) is 7.71. The lowest BCUT2D eigenvalue weighted by molar-refractivity contribution is -0.142. The fourth-order valence-corrected chi connectivity index (χ4v) is 4.44. The zero-order chi connectivity index (χ0) is 25.2. The van der Waals surface area contributed by atoms with E-state index in [2.05, 4.69) is 15.6 Å². The fourth-order valence-electron chi connectivity index (χ4n) is 2.95. The summed E-state index contributed by atoms with van der Waals surface area (Å²) in [6.07, 6.45) is 0.0662. The Hall–Kier alpha value is -3.57. The van der Waals surface area contributed by atoms with Crippen molar-refractivity contribution < 1.29 is 28.6 Å². The van der Waals surface area contributed by atoms with Gasteiger partial charge in [0, 0.05) is 21.5 Å². The smallest absolute Gasteiger partial charge is 0.311 e. The van der Waals surface area contributed by atoms with Gasteiger partial charge in [0.1, 0.15) is 0 Å². The van der Waals surface area contributed by atoms with Crippen molar-refractivity contribution in [1.82, 2.24) is 4.98 Å². The van der Waals surface area contributed by atoms with Gasteiger partial charge in [-0.1, -0.05) is 6.07 Å². The number of anilines is 2. The number of hydrogen-bond acceptors (Lipinski definition) is 9. The minimum Gasteiger partial charge on any atom is -0.493 e. The average Bonchev–Trinajstić information content (AvgIpc) is 3.28. The van der Waals surface area contributed by atoms with Gasteiger partial charge in [-0.05, 0) is 43.3 Å². The molecule has 3 rings (SSSR count). The van der Waals surface area contributed by atoms with E-state index in [0.717, 1.165) is 4.90 Å². The standard InChI is InChI=1S/C24H25N3O6S2/c1-4-33-22(29)12-17-13-35-24(26-17)27-21(28)14-34-18-7-5-6-16(11-18)25-23(30)15-8-9-19(31-2)20(10-15)32-3/h5-11,13H,4,12,14H2,1-3H3,(H,25,30)(H,26,27,28). The van der Waals surface area contributed by atoms with Crippen molar-refractivity contribution in [3.05, 3.63) is 59.1 Å². The molecule has 2 amide bonds. The Balaban J connectivity index is 1.53. The van der Waals surface area contributed by atoms with Crippen LogP contribution in [-0.2, 0) is 20.7 Å². The minimum absolute atomic E-state index is 0.0662. The van der Waals surface area contributed by atoms with Gasteiger partial charge < -0.3 is 24.8 Å². The number of benzene rings is 2. The first-order valence-electron chi connectivity index (χ1n) is 10.6. The highest BCUT2D eigenvalue weighted by Gasteiger charge is 2.13. The molecule has 184 valence electrons. The Kier molecular flexibility index (Phi) is 9.50. The van der Waals surface area contributed by atoms with Crippen LogP contribution in [0, 0.1) is 0 Å². The number of amides is 2. The third-order valence-corrected chi connectivity index (χ3v) is 6.34. The molecule has 2 N–H and O–H groups in total. The van der Waals surface area contributed by atoms with Gasteiger partial charge in [-0.15, -0.1) is 23.1 Å². The summed E-state index contributed by atoms with van der Waals surface area (Å²) in [5.74, 6) is 0.265. The molecule has 2 aromatic carbocycles. The molecular formula is C24H25N3O6S2. The van der Waals surface area contributed by atoms with E-state index in [4.69, 9.17) is 14.2 Å². The van der Waals surface area contributed by atoms with Crippen molar-refractivity contribution in [2.24, 2.45) is 0 Å². The van der Waals surface area contributed by atoms with E-state index in [1.807, 2.05) is 6.07 Å². The van der Waals surface area contributed by atoms with E-state index < -0.39 is 0 Å². The van der Waals surface area contributed by atoms with Crippen molar-refractivity contribution in [2.45, 2.75) is 18.2 Å². The van der Waals surface area contributed by atoms with Crippen LogP contribution in [0.4, 0.5) is 10.8 Å². The number of nitrogens with one attached hydrogen (secondary N) is 2. The van der Waals surface area contributed by atoms with E-state index in [9.17, 15) is 14.4 Å². The number of hydrogen-bond donors (Lipinski definition) is 2. The molecule has 0 bridgehead atoms. The van der Waals surface area contributed by atoms with Crippen LogP contribution in [-0.4, -0.2) is 49.3 Å². The van der Waals surface area contributed by atoms with Gasteiger partial charge in [0.2, 0.25) is 5.91 Å². The number of methoxy groups -OCH3 is 2. The van der Waals surface area contributed by atoms with E-state index in [-0.39, 0.29) is 30.0 Å². The molecule has 0 fully saturated rings. The molecule has 0 aliphatic carbocycles. The van der Waals surface area contributed by atoms with Crippen molar-refractivity contribution >= 4 is 51.7 Å². The van der Waals surface area contributed by atoms with E-state index in [1.165, 1.54) is 37.3 Å². The summed E-state index contributed by atoms with van der Waals surface area (Å²) in [5.41, 5.74) is 1.57. The van der Waals surface area contributed by atoms with Gasteiger partial charge in [-0.2, -0.15) is 0 Å². The van der Waals surface area contributed by atoms with Crippen molar-refractivity contribution in [2.75, 3.05) is 37.2 Å². The summed E-state index contributed by atoms with van der Waals surface area (Å²) in [6, 6.07) is 12.1. The zero-order valence-corrected chi connectivity index (χ0v) is 21.1. The second-order valence-electron chi connectivity index (χ2n) is 7.01. The van der Waals surface area contributed by atoms with E-state index in [1.54, 1.807) is 48.7 Å². The molecule has 35 heavy (non-hydrogen) atoms. The maximum Gasteiger partial charge on any atom is 0.311 e. The van der Waals surface area contributed by atoms with Crippen molar-refractivity contribution in [3.63, 3.8) is 0 Å². The normalized spacial score (nSPS) is 10.4. The number of carbonyl (C=O) groups is 3. The number of thioether (sulfide) groups is 1. The predicted molar refractivity (Wildman–Crippen MR) is 136 cm³/mol.